The fourth-order valence-corrected chi connectivity index (χ4v) is 2.43. The van der Waals surface area contributed by atoms with Crippen LogP contribution >= 0.6 is 0 Å². The van der Waals surface area contributed by atoms with Crippen molar-refractivity contribution in [2.24, 2.45) is 0 Å². The number of benzene rings is 2. The highest BCUT2D eigenvalue weighted by atomic mass is 16.5. The highest BCUT2D eigenvalue weighted by Gasteiger charge is 2.08. The van der Waals surface area contributed by atoms with Crippen molar-refractivity contribution < 1.29 is 4.74 Å². The smallest absolute Gasteiger partial charge is 0.124 e. The highest BCUT2D eigenvalue weighted by molar-refractivity contribution is 5.56. The van der Waals surface area contributed by atoms with Gasteiger partial charge in [-0.05, 0) is 49.6 Å². The summed E-state index contributed by atoms with van der Waals surface area (Å²) in [6.07, 6.45) is 0. The Kier molecular flexibility index (Phi) is 4.10. The quantitative estimate of drug-likeness (QED) is 0.869. The first-order valence-corrected chi connectivity index (χ1v) is 6.58. The lowest BCUT2D eigenvalue weighted by Gasteiger charge is -2.18. The van der Waals surface area contributed by atoms with Crippen molar-refractivity contribution in [2.45, 2.75) is 26.8 Å². The summed E-state index contributed by atoms with van der Waals surface area (Å²) >= 11 is 0. The predicted molar refractivity (Wildman–Crippen MR) is 80.9 cm³/mol. The molecule has 0 aliphatic heterocycles. The molecule has 2 heteroatoms. The predicted octanol–water partition coefficient (Wildman–Crippen LogP) is 4.49. The molecular weight excluding hydrogens is 234 g/mol. The summed E-state index contributed by atoms with van der Waals surface area (Å²) in [4.78, 5) is 0. The van der Waals surface area contributed by atoms with Crippen molar-refractivity contribution >= 4 is 5.69 Å². The van der Waals surface area contributed by atoms with Gasteiger partial charge in [0.2, 0.25) is 0 Å². The van der Waals surface area contributed by atoms with E-state index in [1.165, 1.54) is 5.56 Å². The molecule has 0 unspecified atom stereocenters. The summed E-state index contributed by atoms with van der Waals surface area (Å²) in [5, 5.41) is 3.54. The lowest BCUT2D eigenvalue weighted by atomic mass is 10.1. The number of ether oxygens (including phenoxy) is 1. The molecular formula is C17H21NO. The minimum absolute atomic E-state index is 0.286. The Morgan fingerprint density at radius 1 is 1.00 bits per heavy atom. The first-order valence-electron chi connectivity index (χ1n) is 6.58. The highest BCUT2D eigenvalue weighted by Crippen LogP contribution is 2.28. The van der Waals surface area contributed by atoms with Gasteiger partial charge in [-0.3, -0.25) is 0 Å². The molecule has 100 valence electrons. The Balaban J connectivity index is 2.20. The Labute approximate surface area is 115 Å². The summed E-state index contributed by atoms with van der Waals surface area (Å²) in [6, 6.07) is 15.0. The second-order valence-electron chi connectivity index (χ2n) is 4.92. The largest absolute Gasteiger partial charge is 0.496 e. The van der Waals surface area contributed by atoms with Gasteiger partial charge in [0.1, 0.15) is 5.75 Å². The van der Waals surface area contributed by atoms with E-state index in [-0.39, 0.29) is 6.04 Å². The molecule has 0 saturated heterocycles. The van der Waals surface area contributed by atoms with Gasteiger partial charge in [-0.2, -0.15) is 0 Å². The number of nitrogens with one attached hydrogen (secondary N) is 1. The fraction of sp³-hybridized carbons (Fsp3) is 0.294. The summed E-state index contributed by atoms with van der Waals surface area (Å²) in [6.45, 7) is 6.32. The van der Waals surface area contributed by atoms with Gasteiger partial charge in [0, 0.05) is 11.7 Å². The van der Waals surface area contributed by atoms with E-state index in [0.717, 1.165) is 22.6 Å². The third-order valence-electron chi connectivity index (χ3n) is 3.35. The number of rotatable bonds is 4. The zero-order chi connectivity index (χ0) is 13.8. The van der Waals surface area contributed by atoms with Crippen LogP contribution in [0.5, 0.6) is 5.75 Å². The van der Waals surface area contributed by atoms with E-state index >= 15 is 0 Å². The van der Waals surface area contributed by atoms with Gasteiger partial charge in [0.15, 0.2) is 0 Å². The molecule has 1 atom stereocenters. The maximum absolute atomic E-state index is 5.39. The Morgan fingerprint density at radius 3 is 2.11 bits per heavy atom. The van der Waals surface area contributed by atoms with E-state index in [4.69, 9.17) is 4.74 Å². The van der Waals surface area contributed by atoms with Crippen LogP contribution in [0.25, 0.3) is 0 Å². The number of hydrogen-bond donors (Lipinski definition) is 1. The van der Waals surface area contributed by atoms with Crippen molar-refractivity contribution in [3.05, 3.63) is 59.2 Å². The minimum Gasteiger partial charge on any atom is -0.496 e. The van der Waals surface area contributed by atoms with E-state index in [1.54, 1.807) is 7.11 Å². The Morgan fingerprint density at radius 2 is 1.58 bits per heavy atom. The van der Waals surface area contributed by atoms with E-state index in [0.29, 0.717) is 0 Å². The topological polar surface area (TPSA) is 21.3 Å². The van der Waals surface area contributed by atoms with Crippen molar-refractivity contribution in [1.82, 2.24) is 0 Å². The van der Waals surface area contributed by atoms with Crippen LogP contribution in [0.2, 0.25) is 0 Å². The first-order chi connectivity index (χ1) is 9.11. The summed E-state index contributed by atoms with van der Waals surface area (Å²) < 4.78 is 5.39. The van der Waals surface area contributed by atoms with Crippen LogP contribution in [0.15, 0.2) is 42.5 Å². The molecule has 2 aromatic carbocycles. The Hall–Kier alpha value is -1.96. The normalized spacial score (nSPS) is 12.0. The molecule has 1 N–H and O–H groups in total. The van der Waals surface area contributed by atoms with Crippen molar-refractivity contribution in [2.75, 3.05) is 12.4 Å². The third kappa shape index (κ3) is 3.08. The average molecular weight is 255 g/mol. The van der Waals surface area contributed by atoms with Crippen LogP contribution in [-0.4, -0.2) is 7.11 Å². The SMILES string of the molecule is COc1c(C)cc(N[C@@H](C)c2ccccc2)cc1C. The molecule has 0 bridgehead atoms. The van der Waals surface area contributed by atoms with Crippen molar-refractivity contribution in [3.8, 4) is 5.75 Å². The van der Waals surface area contributed by atoms with Gasteiger partial charge < -0.3 is 10.1 Å². The van der Waals surface area contributed by atoms with Gasteiger partial charge in [-0.15, -0.1) is 0 Å². The van der Waals surface area contributed by atoms with Gasteiger partial charge in [0.25, 0.3) is 0 Å². The Bertz CT molecular complexity index is 525. The monoisotopic (exact) mass is 255 g/mol. The van der Waals surface area contributed by atoms with E-state index in [1.807, 2.05) is 6.07 Å². The average Bonchev–Trinajstić information content (AvgIpc) is 2.39. The standard InChI is InChI=1S/C17H21NO/c1-12-10-16(11-13(2)17(12)19-4)18-14(3)15-8-6-5-7-9-15/h5-11,14,18H,1-4H3/t14-/m0/s1. The molecule has 0 saturated carbocycles. The van der Waals surface area contributed by atoms with Crippen LogP contribution in [0, 0.1) is 13.8 Å². The number of methoxy groups -OCH3 is 1. The van der Waals surface area contributed by atoms with Crippen LogP contribution < -0.4 is 10.1 Å². The van der Waals surface area contributed by atoms with E-state index in [2.05, 4.69) is 62.5 Å². The van der Waals surface area contributed by atoms with E-state index in [9.17, 15) is 0 Å². The van der Waals surface area contributed by atoms with Crippen LogP contribution in [0.4, 0.5) is 5.69 Å². The second-order valence-corrected chi connectivity index (χ2v) is 4.92. The lowest BCUT2D eigenvalue weighted by molar-refractivity contribution is 0.408. The number of hydrogen-bond acceptors (Lipinski definition) is 2. The van der Waals surface area contributed by atoms with Crippen molar-refractivity contribution in [3.63, 3.8) is 0 Å². The van der Waals surface area contributed by atoms with E-state index < -0.39 is 0 Å². The van der Waals surface area contributed by atoms with Crippen molar-refractivity contribution in [1.29, 1.82) is 0 Å². The molecule has 0 heterocycles. The zero-order valence-corrected chi connectivity index (χ0v) is 12.0. The molecule has 0 radical (unpaired) electrons. The molecule has 2 nitrogen and oxygen atoms in total. The molecule has 0 aliphatic carbocycles. The molecule has 0 aromatic heterocycles. The fourth-order valence-electron chi connectivity index (χ4n) is 2.43. The zero-order valence-electron chi connectivity index (χ0n) is 12.0. The maximum atomic E-state index is 5.39. The molecule has 0 aliphatic rings. The molecule has 19 heavy (non-hydrogen) atoms. The summed E-state index contributed by atoms with van der Waals surface area (Å²) in [5.41, 5.74) is 4.73. The molecule has 2 aromatic rings. The number of anilines is 1. The lowest BCUT2D eigenvalue weighted by Crippen LogP contribution is -2.07. The molecule has 0 spiro atoms. The van der Waals surface area contributed by atoms with Crippen LogP contribution in [0.1, 0.15) is 29.7 Å². The number of aryl methyl sites for hydroxylation is 2. The second kappa shape index (κ2) is 5.79. The van der Waals surface area contributed by atoms with Gasteiger partial charge >= 0.3 is 0 Å². The van der Waals surface area contributed by atoms with Gasteiger partial charge in [-0.25, -0.2) is 0 Å². The van der Waals surface area contributed by atoms with Crippen LogP contribution in [0.3, 0.4) is 0 Å². The summed E-state index contributed by atoms with van der Waals surface area (Å²) in [5.74, 6) is 0.970. The maximum Gasteiger partial charge on any atom is 0.124 e. The first kappa shape index (κ1) is 13.5. The van der Waals surface area contributed by atoms with Gasteiger partial charge in [-0.1, -0.05) is 30.3 Å². The molecule has 0 fully saturated rings. The third-order valence-corrected chi connectivity index (χ3v) is 3.35. The molecule has 0 amide bonds. The van der Waals surface area contributed by atoms with Gasteiger partial charge in [0.05, 0.1) is 7.11 Å². The summed E-state index contributed by atoms with van der Waals surface area (Å²) in [7, 11) is 1.72. The van der Waals surface area contributed by atoms with Crippen LogP contribution in [-0.2, 0) is 0 Å². The minimum atomic E-state index is 0.286. The molecule has 2 rings (SSSR count).